The van der Waals surface area contributed by atoms with E-state index in [4.69, 9.17) is 22.1 Å². The molecule has 0 aliphatic carbocycles. The van der Waals surface area contributed by atoms with Crippen LogP contribution >= 0.6 is 11.6 Å². The summed E-state index contributed by atoms with van der Waals surface area (Å²) in [5.74, 6) is -0.182. The highest BCUT2D eigenvalue weighted by molar-refractivity contribution is 6.33. The fourth-order valence-electron chi connectivity index (χ4n) is 1.51. The van der Waals surface area contributed by atoms with Crippen LogP contribution in [0.1, 0.15) is 10.5 Å². The molecule has 0 radical (unpaired) electrons. The number of hydrogen-bond acceptors (Lipinski definition) is 4. The Balaban J connectivity index is 2.10. The Labute approximate surface area is 98.1 Å². The van der Waals surface area contributed by atoms with E-state index in [-0.39, 0.29) is 22.7 Å². The molecule has 0 bridgehead atoms. The molecule has 0 aromatic carbocycles. The monoisotopic (exact) mass is 241 g/mol. The van der Waals surface area contributed by atoms with Crippen molar-refractivity contribution in [2.24, 2.45) is 0 Å². The maximum atomic E-state index is 11.9. The van der Waals surface area contributed by atoms with Gasteiger partial charge in [-0.1, -0.05) is 11.6 Å². The maximum Gasteiger partial charge on any atom is 0.274 e. The first-order valence-electron chi connectivity index (χ1n) is 4.85. The molecule has 16 heavy (non-hydrogen) atoms. The summed E-state index contributed by atoms with van der Waals surface area (Å²) in [6.45, 7) is 1.16. The molecule has 1 saturated heterocycles. The Morgan fingerprint density at radius 2 is 2.38 bits per heavy atom. The summed E-state index contributed by atoms with van der Waals surface area (Å²) < 4.78 is 5.08. The van der Waals surface area contributed by atoms with Crippen molar-refractivity contribution in [3.63, 3.8) is 0 Å². The van der Waals surface area contributed by atoms with E-state index < -0.39 is 0 Å². The van der Waals surface area contributed by atoms with Crippen LogP contribution in [0.4, 0.5) is 5.69 Å². The summed E-state index contributed by atoms with van der Waals surface area (Å²) in [5, 5.41) is 0.283. The van der Waals surface area contributed by atoms with Gasteiger partial charge in [-0.15, -0.1) is 0 Å². The molecule has 5 nitrogen and oxygen atoms in total. The van der Waals surface area contributed by atoms with E-state index >= 15 is 0 Å². The van der Waals surface area contributed by atoms with Crippen LogP contribution in [0.15, 0.2) is 12.3 Å². The topological polar surface area (TPSA) is 68.5 Å². The second-order valence-electron chi connectivity index (χ2n) is 3.67. The smallest absolute Gasteiger partial charge is 0.274 e. The number of carbonyl (C=O) groups is 1. The van der Waals surface area contributed by atoms with E-state index in [1.165, 1.54) is 12.3 Å². The Morgan fingerprint density at radius 3 is 2.94 bits per heavy atom. The molecular formula is C10H12ClN3O2. The van der Waals surface area contributed by atoms with E-state index in [1.54, 1.807) is 12.0 Å². The van der Waals surface area contributed by atoms with Crippen molar-refractivity contribution in [1.82, 2.24) is 9.88 Å². The lowest BCUT2D eigenvalue weighted by molar-refractivity contribution is -0.0194. The molecule has 0 atom stereocenters. The van der Waals surface area contributed by atoms with Gasteiger partial charge in [0.05, 0.1) is 23.0 Å². The van der Waals surface area contributed by atoms with Gasteiger partial charge >= 0.3 is 0 Å². The standard InChI is InChI=1S/C10H12ClN3O2/c1-16-7-4-14(5-7)10(15)9-8(11)2-6(12)3-13-9/h2-3,7H,4-5,12H2,1H3. The van der Waals surface area contributed by atoms with Crippen molar-refractivity contribution in [3.05, 3.63) is 23.0 Å². The molecule has 86 valence electrons. The normalized spacial score (nSPS) is 16.0. The van der Waals surface area contributed by atoms with Crippen LogP contribution in [0.25, 0.3) is 0 Å². The molecule has 1 aliphatic rings. The number of ether oxygens (including phenoxy) is 1. The molecule has 1 aromatic heterocycles. The number of nitrogens with two attached hydrogens (primary N) is 1. The first-order chi connectivity index (χ1) is 7.61. The van der Waals surface area contributed by atoms with Crippen molar-refractivity contribution in [3.8, 4) is 0 Å². The molecule has 2 rings (SSSR count). The number of anilines is 1. The van der Waals surface area contributed by atoms with Crippen LogP contribution in [-0.2, 0) is 4.74 Å². The first kappa shape index (κ1) is 11.2. The van der Waals surface area contributed by atoms with Gasteiger partial charge in [0.25, 0.3) is 5.91 Å². The zero-order valence-electron chi connectivity index (χ0n) is 8.81. The van der Waals surface area contributed by atoms with Crippen LogP contribution in [0.3, 0.4) is 0 Å². The molecule has 2 N–H and O–H groups in total. The number of methoxy groups -OCH3 is 1. The van der Waals surface area contributed by atoms with Gasteiger partial charge in [0.1, 0.15) is 5.69 Å². The number of nitrogen functional groups attached to an aromatic ring is 1. The van der Waals surface area contributed by atoms with Gasteiger partial charge in [-0.3, -0.25) is 4.79 Å². The Morgan fingerprint density at radius 1 is 1.69 bits per heavy atom. The number of likely N-dealkylation sites (tertiary alicyclic amines) is 1. The number of aromatic nitrogens is 1. The van der Waals surface area contributed by atoms with Crippen LogP contribution in [0.2, 0.25) is 5.02 Å². The largest absolute Gasteiger partial charge is 0.397 e. The summed E-state index contributed by atoms with van der Waals surface area (Å²) in [4.78, 5) is 17.5. The van der Waals surface area contributed by atoms with Crippen molar-refractivity contribution >= 4 is 23.2 Å². The molecule has 2 heterocycles. The Kier molecular flexibility index (Phi) is 2.98. The summed E-state index contributed by atoms with van der Waals surface area (Å²) in [6, 6.07) is 1.52. The minimum atomic E-state index is -0.182. The third-order valence-corrected chi connectivity index (χ3v) is 2.82. The van der Waals surface area contributed by atoms with E-state index in [1.807, 2.05) is 0 Å². The molecule has 1 amide bonds. The van der Waals surface area contributed by atoms with Crippen molar-refractivity contribution in [1.29, 1.82) is 0 Å². The van der Waals surface area contributed by atoms with Crippen molar-refractivity contribution in [2.45, 2.75) is 6.10 Å². The summed E-state index contributed by atoms with van der Waals surface area (Å²) >= 11 is 5.90. The third kappa shape index (κ3) is 1.96. The molecule has 0 spiro atoms. The van der Waals surface area contributed by atoms with Gasteiger partial charge in [-0.05, 0) is 6.07 Å². The van der Waals surface area contributed by atoms with Crippen LogP contribution in [-0.4, -0.2) is 42.1 Å². The zero-order valence-corrected chi connectivity index (χ0v) is 9.57. The van der Waals surface area contributed by atoms with E-state index in [0.717, 1.165) is 0 Å². The number of hydrogen-bond donors (Lipinski definition) is 1. The number of rotatable bonds is 2. The van der Waals surface area contributed by atoms with Crippen LogP contribution in [0.5, 0.6) is 0 Å². The minimum Gasteiger partial charge on any atom is -0.397 e. The molecule has 1 fully saturated rings. The molecular weight excluding hydrogens is 230 g/mol. The van der Waals surface area contributed by atoms with Gasteiger partial charge in [0.15, 0.2) is 0 Å². The summed E-state index contributed by atoms with van der Waals surface area (Å²) in [5.41, 5.74) is 6.19. The second-order valence-corrected chi connectivity index (χ2v) is 4.07. The average Bonchev–Trinajstić information content (AvgIpc) is 2.15. The molecule has 0 saturated carbocycles. The number of pyridine rings is 1. The fourth-order valence-corrected chi connectivity index (χ4v) is 1.77. The lowest BCUT2D eigenvalue weighted by atomic mass is 10.1. The van der Waals surface area contributed by atoms with Gasteiger partial charge in [-0.25, -0.2) is 4.98 Å². The second kappa shape index (κ2) is 4.27. The van der Waals surface area contributed by atoms with Gasteiger partial charge < -0.3 is 15.4 Å². The van der Waals surface area contributed by atoms with Gasteiger partial charge in [0.2, 0.25) is 0 Å². The van der Waals surface area contributed by atoms with Gasteiger partial charge in [0, 0.05) is 20.2 Å². The van der Waals surface area contributed by atoms with Crippen molar-refractivity contribution < 1.29 is 9.53 Å². The first-order valence-corrected chi connectivity index (χ1v) is 5.22. The SMILES string of the molecule is COC1CN(C(=O)c2ncc(N)cc2Cl)C1. The number of halogens is 1. The Hall–Kier alpha value is -1.33. The van der Waals surface area contributed by atoms with Crippen LogP contribution in [0, 0.1) is 0 Å². The highest BCUT2D eigenvalue weighted by Crippen LogP contribution is 2.21. The molecule has 1 aromatic rings. The predicted octanol–water partition coefficient (Wildman–Crippen LogP) is 0.788. The fraction of sp³-hybridized carbons (Fsp3) is 0.400. The minimum absolute atomic E-state index is 0.122. The number of amides is 1. The summed E-state index contributed by atoms with van der Waals surface area (Å²) in [7, 11) is 1.63. The van der Waals surface area contributed by atoms with Gasteiger partial charge in [-0.2, -0.15) is 0 Å². The maximum absolute atomic E-state index is 11.9. The van der Waals surface area contributed by atoms with E-state index in [0.29, 0.717) is 18.8 Å². The lowest BCUT2D eigenvalue weighted by Crippen LogP contribution is -2.54. The van der Waals surface area contributed by atoms with Crippen molar-refractivity contribution in [2.75, 3.05) is 25.9 Å². The van der Waals surface area contributed by atoms with Crippen LogP contribution < -0.4 is 5.73 Å². The lowest BCUT2D eigenvalue weighted by Gasteiger charge is -2.37. The van der Waals surface area contributed by atoms with E-state index in [9.17, 15) is 4.79 Å². The quantitative estimate of drug-likeness (QED) is 0.831. The molecule has 0 unspecified atom stereocenters. The summed E-state index contributed by atoms with van der Waals surface area (Å²) in [6.07, 6.45) is 1.55. The number of carbonyl (C=O) groups excluding carboxylic acids is 1. The predicted molar refractivity (Wildman–Crippen MR) is 60.4 cm³/mol. The highest BCUT2D eigenvalue weighted by atomic mass is 35.5. The zero-order chi connectivity index (χ0) is 11.7. The third-order valence-electron chi connectivity index (χ3n) is 2.53. The average molecular weight is 242 g/mol. The number of nitrogens with zero attached hydrogens (tertiary/aromatic N) is 2. The molecule has 1 aliphatic heterocycles. The highest BCUT2D eigenvalue weighted by Gasteiger charge is 2.32. The van der Waals surface area contributed by atoms with E-state index in [2.05, 4.69) is 4.98 Å². The Bertz CT molecular complexity index is 419. The molecule has 6 heteroatoms.